The van der Waals surface area contributed by atoms with Crippen molar-refractivity contribution in [2.45, 2.75) is 4.90 Å². The van der Waals surface area contributed by atoms with Gasteiger partial charge in [0.25, 0.3) is 0 Å². The molecule has 20 heavy (non-hydrogen) atoms. The molecule has 0 radical (unpaired) electrons. The van der Waals surface area contributed by atoms with E-state index in [-0.39, 0.29) is 4.90 Å². The normalized spacial score (nSPS) is 11.3. The van der Waals surface area contributed by atoms with Gasteiger partial charge in [0.2, 0.25) is 10.0 Å². The van der Waals surface area contributed by atoms with Gasteiger partial charge in [-0.1, -0.05) is 11.6 Å². The third kappa shape index (κ3) is 3.54. The molecule has 0 aliphatic carbocycles. The average molecular weight is 424 g/mol. The first kappa shape index (κ1) is 15.4. The molecule has 0 spiro atoms. The van der Waals surface area contributed by atoms with Gasteiger partial charge < -0.3 is 11.1 Å². The Morgan fingerprint density at radius 2 is 1.75 bits per heavy atom. The molecule has 0 saturated heterocycles. The zero-order valence-electron chi connectivity index (χ0n) is 10.1. The van der Waals surface area contributed by atoms with E-state index in [4.69, 9.17) is 22.5 Å². The van der Waals surface area contributed by atoms with Crippen LogP contribution in [0.15, 0.2) is 41.3 Å². The van der Waals surface area contributed by atoms with Crippen LogP contribution in [0.1, 0.15) is 0 Å². The Morgan fingerprint density at radius 3 is 2.35 bits per heavy atom. The summed E-state index contributed by atoms with van der Waals surface area (Å²) in [6, 6.07) is 9.80. The Balaban J connectivity index is 2.49. The smallest absolute Gasteiger partial charge is 0.240 e. The van der Waals surface area contributed by atoms with Gasteiger partial charge in [0, 0.05) is 9.26 Å². The van der Waals surface area contributed by atoms with Crippen molar-refractivity contribution >= 4 is 61.3 Å². The first-order chi connectivity index (χ1) is 9.27. The van der Waals surface area contributed by atoms with Crippen molar-refractivity contribution in [2.24, 2.45) is 5.14 Å². The minimum atomic E-state index is -3.88. The van der Waals surface area contributed by atoms with Crippen molar-refractivity contribution < 1.29 is 8.42 Å². The Morgan fingerprint density at radius 1 is 1.10 bits per heavy atom. The summed E-state index contributed by atoms with van der Waals surface area (Å²) < 4.78 is 24.1. The molecule has 0 heterocycles. The lowest BCUT2D eigenvalue weighted by Gasteiger charge is -2.13. The molecule has 106 valence electrons. The van der Waals surface area contributed by atoms with E-state index in [0.717, 1.165) is 3.57 Å². The SMILES string of the molecule is Nc1ccc(Nc2ccc(I)cc2Cl)c(S(N)(=O)=O)c1. The highest BCUT2D eigenvalue weighted by Gasteiger charge is 2.15. The number of sulfonamides is 1. The molecule has 0 saturated carbocycles. The number of nitrogen functional groups attached to an aromatic ring is 1. The van der Waals surface area contributed by atoms with E-state index >= 15 is 0 Å². The molecule has 2 rings (SSSR count). The van der Waals surface area contributed by atoms with Gasteiger partial charge in [-0.15, -0.1) is 0 Å². The van der Waals surface area contributed by atoms with Gasteiger partial charge >= 0.3 is 0 Å². The summed E-state index contributed by atoms with van der Waals surface area (Å²) in [5.41, 5.74) is 6.81. The van der Waals surface area contributed by atoms with Gasteiger partial charge in [0.05, 0.1) is 16.4 Å². The first-order valence-corrected chi connectivity index (χ1v) is 8.42. The summed E-state index contributed by atoms with van der Waals surface area (Å²) >= 11 is 8.24. The van der Waals surface area contributed by atoms with Gasteiger partial charge in [-0.2, -0.15) is 0 Å². The monoisotopic (exact) mass is 423 g/mol. The van der Waals surface area contributed by atoms with E-state index in [2.05, 4.69) is 27.9 Å². The van der Waals surface area contributed by atoms with E-state index in [0.29, 0.717) is 22.1 Å². The minimum absolute atomic E-state index is 0.0767. The second kappa shape index (κ2) is 5.76. The van der Waals surface area contributed by atoms with Gasteiger partial charge in [-0.3, -0.25) is 0 Å². The molecule has 5 nitrogen and oxygen atoms in total. The van der Waals surface area contributed by atoms with Crippen molar-refractivity contribution in [3.05, 3.63) is 45.0 Å². The maximum atomic E-state index is 11.6. The molecule has 5 N–H and O–H groups in total. The van der Waals surface area contributed by atoms with Crippen LogP contribution < -0.4 is 16.2 Å². The van der Waals surface area contributed by atoms with E-state index in [9.17, 15) is 8.42 Å². The first-order valence-electron chi connectivity index (χ1n) is 5.42. The van der Waals surface area contributed by atoms with Crippen LogP contribution in [0.5, 0.6) is 0 Å². The van der Waals surface area contributed by atoms with Crippen LogP contribution in [0.25, 0.3) is 0 Å². The van der Waals surface area contributed by atoms with Crippen molar-refractivity contribution in [3.8, 4) is 0 Å². The Kier molecular flexibility index (Phi) is 4.43. The van der Waals surface area contributed by atoms with Crippen LogP contribution in [0.3, 0.4) is 0 Å². The molecular formula is C12H11ClIN3O2S. The topological polar surface area (TPSA) is 98.2 Å². The number of nitrogens with two attached hydrogens (primary N) is 2. The van der Waals surface area contributed by atoms with E-state index in [1.54, 1.807) is 24.3 Å². The van der Waals surface area contributed by atoms with Crippen LogP contribution in [-0.4, -0.2) is 8.42 Å². The maximum Gasteiger partial charge on any atom is 0.240 e. The Bertz CT molecular complexity index is 765. The molecular weight excluding hydrogens is 413 g/mol. The van der Waals surface area contributed by atoms with Gasteiger partial charge in [0.1, 0.15) is 4.90 Å². The zero-order valence-corrected chi connectivity index (χ0v) is 13.8. The number of halogens is 2. The van der Waals surface area contributed by atoms with E-state index in [1.807, 2.05) is 6.07 Å². The second-order valence-electron chi connectivity index (χ2n) is 4.05. The number of benzene rings is 2. The average Bonchev–Trinajstić information content (AvgIpc) is 2.33. The number of hydrogen-bond donors (Lipinski definition) is 3. The lowest BCUT2D eigenvalue weighted by Crippen LogP contribution is -2.14. The molecule has 0 aromatic heterocycles. The molecule has 0 unspecified atom stereocenters. The van der Waals surface area contributed by atoms with E-state index in [1.165, 1.54) is 6.07 Å². The fourth-order valence-corrected chi connectivity index (χ4v) is 3.24. The molecule has 0 aliphatic rings. The predicted molar refractivity (Wildman–Crippen MR) is 89.7 cm³/mol. The quantitative estimate of drug-likeness (QED) is 0.522. The van der Waals surface area contributed by atoms with Crippen LogP contribution in [0.2, 0.25) is 5.02 Å². The molecule has 2 aromatic carbocycles. The second-order valence-corrected chi connectivity index (χ2v) is 7.23. The van der Waals surface area contributed by atoms with Crippen LogP contribution in [-0.2, 0) is 10.0 Å². The summed E-state index contributed by atoms with van der Waals surface area (Å²) in [6.45, 7) is 0. The number of primary sulfonamides is 1. The van der Waals surface area contributed by atoms with Gasteiger partial charge in [-0.05, 0) is 59.0 Å². The Labute approximate surface area is 135 Å². The lowest BCUT2D eigenvalue weighted by atomic mass is 10.2. The highest BCUT2D eigenvalue weighted by atomic mass is 127. The largest absolute Gasteiger partial charge is 0.399 e. The predicted octanol–water partition coefficient (Wildman–Crippen LogP) is 2.92. The molecule has 0 fully saturated rings. The summed E-state index contributed by atoms with van der Waals surface area (Å²) in [5, 5.41) is 8.62. The molecule has 8 heteroatoms. The molecule has 0 amide bonds. The standard InChI is InChI=1S/C12H11ClIN3O2S/c13-9-5-7(14)1-3-10(9)17-11-4-2-8(15)6-12(11)20(16,18)19/h1-6,17H,15H2,(H2,16,18,19). The lowest BCUT2D eigenvalue weighted by molar-refractivity contribution is 0.598. The maximum absolute atomic E-state index is 11.6. The Hall–Kier alpha value is -1.03. The van der Waals surface area contributed by atoms with Crippen molar-refractivity contribution in [1.29, 1.82) is 0 Å². The van der Waals surface area contributed by atoms with Crippen LogP contribution in [0.4, 0.5) is 17.1 Å². The zero-order chi connectivity index (χ0) is 14.9. The summed E-state index contributed by atoms with van der Waals surface area (Å²) in [5.74, 6) is 0. The fourth-order valence-electron chi connectivity index (χ4n) is 1.61. The van der Waals surface area contributed by atoms with Crippen LogP contribution in [0, 0.1) is 3.57 Å². The van der Waals surface area contributed by atoms with Crippen molar-refractivity contribution in [1.82, 2.24) is 0 Å². The summed E-state index contributed by atoms with van der Waals surface area (Å²) in [4.78, 5) is -0.0767. The fraction of sp³-hybridized carbons (Fsp3) is 0. The molecule has 0 aliphatic heterocycles. The number of hydrogen-bond acceptors (Lipinski definition) is 4. The third-order valence-electron chi connectivity index (χ3n) is 2.51. The number of nitrogens with one attached hydrogen (secondary N) is 1. The summed E-state index contributed by atoms with van der Waals surface area (Å²) in [6.07, 6.45) is 0. The number of rotatable bonds is 3. The molecule has 0 bridgehead atoms. The van der Waals surface area contributed by atoms with Gasteiger partial charge in [0.15, 0.2) is 0 Å². The minimum Gasteiger partial charge on any atom is -0.399 e. The number of anilines is 3. The van der Waals surface area contributed by atoms with E-state index < -0.39 is 10.0 Å². The molecule has 2 aromatic rings. The highest BCUT2D eigenvalue weighted by molar-refractivity contribution is 14.1. The van der Waals surface area contributed by atoms with Crippen molar-refractivity contribution in [2.75, 3.05) is 11.1 Å². The molecule has 0 atom stereocenters. The third-order valence-corrected chi connectivity index (χ3v) is 4.45. The van der Waals surface area contributed by atoms with Gasteiger partial charge in [-0.25, -0.2) is 13.6 Å². The van der Waals surface area contributed by atoms with Crippen molar-refractivity contribution in [3.63, 3.8) is 0 Å². The van der Waals surface area contributed by atoms with Crippen LogP contribution >= 0.6 is 34.2 Å². The summed E-state index contributed by atoms with van der Waals surface area (Å²) in [7, 11) is -3.88. The highest BCUT2D eigenvalue weighted by Crippen LogP contribution is 2.30.